The van der Waals surface area contributed by atoms with Crippen LogP contribution >= 0.6 is 0 Å². The van der Waals surface area contributed by atoms with Crippen molar-refractivity contribution in [2.24, 2.45) is 0 Å². The van der Waals surface area contributed by atoms with Gasteiger partial charge in [0.05, 0.1) is 5.69 Å². The van der Waals surface area contributed by atoms with E-state index in [0.717, 1.165) is 49.2 Å². The first kappa shape index (κ1) is 12.1. The van der Waals surface area contributed by atoms with Crippen LogP contribution in [0, 0.1) is 13.8 Å². The molecule has 0 aromatic carbocycles. The highest BCUT2D eigenvalue weighted by Crippen LogP contribution is 2.13. The Bertz CT molecular complexity index is 553. The van der Waals surface area contributed by atoms with Gasteiger partial charge in [-0.05, 0) is 32.0 Å². The predicted octanol–water partition coefficient (Wildman–Crippen LogP) is 0.689. The van der Waals surface area contributed by atoms with Gasteiger partial charge >= 0.3 is 0 Å². The third-order valence-corrected chi connectivity index (χ3v) is 3.30. The van der Waals surface area contributed by atoms with Gasteiger partial charge in [-0.25, -0.2) is 4.68 Å². The van der Waals surface area contributed by atoms with Crippen LogP contribution in [0.3, 0.4) is 0 Å². The van der Waals surface area contributed by atoms with Crippen LogP contribution in [0.15, 0.2) is 18.2 Å². The molecule has 2 aromatic heterocycles. The minimum absolute atomic E-state index is 0.768. The highest BCUT2D eigenvalue weighted by molar-refractivity contribution is 5.40. The Kier molecular flexibility index (Phi) is 3.16. The summed E-state index contributed by atoms with van der Waals surface area (Å²) in [6, 6.07) is 6.03. The lowest BCUT2D eigenvalue weighted by Gasteiger charge is -2.27. The quantitative estimate of drug-likeness (QED) is 0.859. The minimum atomic E-state index is 0.768. The smallest absolute Gasteiger partial charge is 0.176 e. The number of anilines is 1. The molecule has 1 N–H and O–H groups in total. The lowest BCUT2D eigenvalue weighted by molar-refractivity contribution is 0.582. The van der Waals surface area contributed by atoms with Crippen LogP contribution in [-0.2, 0) is 0 Å². The molecule has 1 fully saturated rings. The first-order valence-electron chi connectivity index (χ1n) is 6.57. The Hall–Kier alpha value is -1.95. The lowest BCUT2D eigenvalue weighted by atomic mass is 10.3. The summed E-state index contributed by atoms with van der Waals surface area (Å²) in [5.41, 5.74) is 2.06. The monoisotopic (exact) mass is 258 g/mol. The summed E-state index contributed by atoms with van der Waals surface area (Å²) in [4.78, 5) is 2.24. The summed E-state index contributed by atoms with van der Waals surface area (Å²) in [7, 11) is 0. The third kappa shape index (κ3) is 2.44. The van der Waals surface area contributed by atoms with Gasteiger partial charge in [-0.3, -0.25) is 0 Å². The molecular weight excluding hydrogens is 240 g/mol. The number of rotatable bonds is 2. The van der Waals surface area contributed by atoms with Crippen LogP contribution in [0.25, 0.3) is 5.82 Å². The molecule has 100 valence electrons. The van der Waals surface area contributed by atoms with E-state index in [1.165, 1.54) is 0 Å². The van der Waals surface area contributed by atoms with Crippen molar-refractivity contribution in [3.8, 4) is 5.82 Å². The first-order chi connectivity index (χ1) is 9.24. The van der Waals surface area contributed by atoms with Crippen molar-refractivity contribution < 1.29 is 0 Å². The molecule has 3 heterocycles. The van der Waals surface area contributed by atoms with Crippen LogP contribution in [-0.4, -0.2) is 46.2 Å². The van der Waals surface area contributed by atoms with Crippen molar-refractivity contribution in [2.75, 3.05) is 31.1 Å². The number of aromatic nitrogens is 4. The number of piperazine rings is 1. The van der Waals surface area contributed by atoms with Gasteiger partial charge in [-0.1, -0.05) is 0 Å². The Balaban J connectivity index is 1.84. The van der Waals surface area contributed by atoms with E-state index >= 15 is 0 Å². The molecular formula is C13H18N6. The molecule has 0 spiro atoms. The first-order valence-corrected chi connectivity index (χ1v) is 6.57. The topological polar surface area (TPSA) is 58.9 Å². The summed E-state index contributed by atoms with van der Waals surface area (Å²) in [6.07, 6.45) is 0. The van der Waals surface area contributed by atoms with Gasteiger partial charge in [0, 0.05) is 31.9 Å². The van der Waals surface area contributed by atoms with Gasteiger partial charge in [0.2, 0.25) is 0 Å². The van der Waals surface area contributed by atoms with E-state index < -0.39 is 0 Å². The molecule has 0 bridgehead atoms. The molecule has 2 aromatic rings. The zero-order chi connectivity index (χ0) is 13.2. The second-order valence-corrected chi connectivity index (χ2v) is 4.83. The highest BCUT2D eigenvalue weighted by Gasteiger charge is 2.12. The second kappa shape index (κ2) is 4.97. The molecule has 0 radical (unpaired) electrons. The number of hydrogen-bond donors (Lipinski definition) is 1. The van der Waals surface area contributed by atoms with Crippen molar-refractivity contribution in [2.45, 2.75) is 13.8 Å². The van der Waals surface area contributed by atoms with Crippen molar-refractivity contribution in [1.82, 2.24) is 25.3 Å². The van der Waals surface area contributed by atoms with Gasteiger partial charge in [0.25, 0.3) is 0 Å². The Labute approximate surface area is 112 Å². The molecule has 1 saturated heterocycles. The fraction of sp³-hybridized carbons (Fsp3) is 0.462. The van der Waals surface area contributed by atoms with E-state index in [1.807, 2.05) is 36.7 Å². The summed E-state index contributed by atoms with van der Waals surface area (Å²) >= 11 is 0. The van der Waals surface area contributed by atoms with Gasteiger partial charge < -0.3 is 10.2 Å². The van der Waals surface area contributed by atoms with Crippen LogP contribution < -0.4 is 10.2 Å². The van der Waals surface area contributed by atoms with E-state index in [2.05, 4.69) is 25.5 Å². The largest absolute Gasteiger partial charge is 0.353 e. The van der Waals surface area contributed by atoms with E-state index in [-0.39, 0.29) is 0 Å². The summed E-state index contributed by atoms with van der Waals surface area (Å²) in [6.45, 7) is 7.96. The van der Waals surface area contributed by atoms with Crippen LogP contribution in [0.2, 0.25) is 0 Å². The fourth-order valence-electron chi connectivity index (χ4n) is 2.35. The maximum atomic E-state index is 4.41. The SMILES string of the molecule is Cc1cc(C)n(-c2ccc(N3CCNCC3)nn2)n1. The van der Waals surface area contributed by atoms with Crippen LogP contribution in [0.5, 0.6) is 0 Å². The molecule has 6 nitrogen and oxygen atoms in total. The molecule has 19 heavy (non-hydrogen) atoms. The van der Waals surface area contributed by atoms with Crippen molar-refractivity contribution in [3.05, 3.63) is 29.6 Å². The molecule has 0 unspecified atom stereocenters. The minimum Gasteiger partial charge on any atom is -0.353 e. The molecule has 0 amide bonds. The van der Waals surface area contributed by atoms with Gasteiger partial charge in [0.15, 0.2) is 11.6 Å². The Morgan fingerprint density at radius 1 is 1.05 bits per heavy atom. The van der Waals surface area contributed by atoms with Gasteiger partial charge in [-0.2, -0.15) is 5.10 Å². The number of aryl methyl sites for hydroxylation is 2. The fourth-order valence-corrected chi connectivity index (χ4v) is 2.35. The van der Waals surface area contributed by atoms with Crippen molar-refractivity contribution in [1.29, 1.82) is 0 Å². The number of nitrogens with zero attached hydrogens (tertiary/aromatic N) is 5. The number of hydrogen-bond acceptors (Lipinski definition) is 5. The lowest BCUT2D eigenvalue weighted by Crippen LogP contribution is -2.44. The summed E-state index contributed by atoms with van der Waals surface area (Å²) < 4.78 is 1.82. The van der Waals surface area contributed by atoms with E-state index in [1.54, 1.807) is 0 Å². The average Bonchev–Trinajstić information content (AvgIpc) is 2.79. The molecule has 3 rings (SSSR count). The standard InChI is InChI=1S/C13H18N6/c1-10-9-11(2)19(17-10)13-4-3-12(15-16-13)18-7-5-14-6-8-18/h3-4,9,14H,5-8H2,1-2H3. The van der Waals surface area contributed by atoms with E-state index in [9.17, 15) is 0 Å². The van der Waals surface area contributed by atoms with Crippen LogP contribution in [0.1, 0.15) is 11.4 Å². The number of nitrogens with one attached hydrogen (secondary N) is 1. The molecule has 1 aliphatic heterocycles. The second-order valence-electron chi connectivity index (χ2n) is 4.83. The third-order valence-electron chi connectivity index (χ3n) is 3.30. The Morgan fingerprint density at radius 3 is 2.32 bits per heavy atom. The van der Waals surface area contributed by atoms with Crippen LogP contribution in [0.4, 0.5) is 5.82 Å². The van der Waals surface area contributed by atoms with Gasteiger partial charge in [-0.15, -0.1) is 10.2 Å². The molecule has 6 heteroatoms. The molecule has 0 atom stereocenters. The molecule has 0 aliphatic carbocycles. The van der Waals surface area contributed by atoms with E-state index in [4.69, 9.17) is 0 Å². The highest BCUT2D eigenvalue weighted by atomic mass is 15.4. The van der Waals surface area contributed by atoms with Gasteiger partial charge in [0.1, 0.15) is 0 Å². The maximum absolute atomic E-state index is 4.41. The predicted molar refractivity (Wildman–Crippen MR) is 73.7 cm³/mol. The van der Waals surface area contributed by atoms with Crippen molar-refractivity contribution >= 4 is 5.82 Å². The zero-order valence-corrected chi connectivity index (χ0v) is 11.3. The molecule has 0 saturated carbocycles. The average molecular weight is 258 g/mol. The summed E-state index contributed by atoms with van der Waals surface area (Å²) in [5, 5.41) is 16.3. The van der Waals surface area contributed by atoms with Crippen molar-refractivity contribution in [3.63, 3.8) is 0 Å². The molecule has 1 aliphatic rings. The normalized spacial score (nSPS) is 15.8. The van der Waals surface area contributed by atoms with E-state index in [0.29, 0.717) is 0 Å². The maximum Gasteiger partial charge on any atom is 0.176 e. The zero-order valence-electron chi connectivity index (χ0n) is 11.3. The Morgan fingerprint density at radius 2 is 1.74 bits per heavy atom. The summed E-state index contributed by atoms with van der Waals surface area (Å²) in [5.74, 6) is 1.70.